The van der Waals surface area contributed by atoms with E-state index in [4.69, 9.17) is 12.2 Å². The number of anilines is 1. The van der Waals surface area contributed by atoms with Crippen molar-refractivity contribution in [1.29, 1.82) is 0 Å². The van der Waals surface area contributed by atoms with Crippen LogP contribution in [0.3, 0.4) is 0 Å². The molecule has 2 fully saturated rings. The predicted molar refractivity (Wildman–Crippen MR) is 133 cm³/mol. The van der Waals surface area contributed by atoms with Gasteiger partial charge in [-0.3, -0.25) is 14.5 Å². The van der Waals surface area contributed by atoms with Gasteiger partial charge in [0.25, 0.3) is 11.8 Å². The number of thioether (sulfide) groups is 1. The molecule has 0 radical (unpaired) electrons. The first-order valence-electron chi connectivity index (χ1n) is 10.5. The van der Waals surface area contributed by atoms with Gasteiger partial charge in [0.15, 0.2) is 0 Å². The maximum absolute atomic E-state index is 13.6. The van der Waals surface area contributed by atoms with Crippen LogP contribution in [0.25, 0.3) is 5.57 Å². The van der Waals surface area contributed by atoms with Gasteiger partial charge in [0.05, 0.1) is 22.7 Å². The molecule has 1 saturated heterocycles. The van der Waals surface area contributed by atoms with Crippen LogP contribution in [0.2, 0.25) is 0 Å². The van der Waals surface area contributed by atoms with Crippen LogP contribution in [0, 0.1) is 0 Å². The number of fused-ring (bicyclic) bond motifs is 1. The SMILES string of the molecule is O=C1C(=C2SC(=S)N(C3CCCCC3)C2=O)c2cc(Br)ccc2N1Cc1ccccc1. The average Bonchev–Trinajstić information content (AvgIpc) is 3.21. The molecule has 2 aliphatic heterocycles. The topological polar surface area (TPSA) is 40.6 Å². The number of thiocarbonyl (C=S) groups is 1. The summed E-state index contributed by atoms with van der Waals surface area (Å²) >= 11 is 10.4. The Labute approximate surface area is 199 Å². The van der Waals surface area contributed by atoms with E-state index in [9.17, 15) is 9.59 Å². The molecule has 7 heteroatoms. The van der Waals surface area contributed by atoms with Crippen molar-refractivity contribution >= 4 is 67.3 Å². The second-order valence-corrected chi connectivity index (χ2v) is 10.6. The zero-order chi connectivity index (χ0) is 21.5. The van der Waals surface area contributed by atoms with E-state index in [0.717, 1.165) is 47.0 Å². The Balaban J connectivity index is 1.56. The average molecular weight is 513 g/mol. The van der Waals surface area contributed by atoms with Crippen LogP contribution in [0.5, 0.6) is 0 Å². The molecule has 4 nitrogen and oxygen atoms in total. The third kappa shape index (κ3) is 3.77. The molecule has 0 aromatic heterocycles. The highest BCUT2D eigenvalue weighted by atomic mass is 79.9. The number of amides is 2. The maximum atomic E-state index is 13.6. The summed E-state index contributed by atoms with van der Waals surface area (Å²) in [5, 5.41) is 0. The molecule has 0 N–H and O–H groups in total. The van der Waals surface area contributed by atoms with Gasteiger partial charge in [-0.1, -0.05) is 89.5 Å². The van der Waals surface area contributed by atoms with E-state index in [1.807, 2.05) is 48.5 Å². The standard InChI is InChI=1S/C24H21BrN2O2S2/c25-16-11-12-19-18(13-16)20(22(28)26(19)14-15-7-3-1-4-8-15)21-23(29)27(24(30)31-21)17-9-5-2-6-10-17/h1,3-4,7-8,11-13,17H,2,5-6,9-10,14H2. The fourth-order valence-electron chi connectivity index (χ4n) is 4.63. The van der Waals surface area contributed by atoms with Crippen molar-refractivity contribution < 1.29 is 9.59 Å². The lowest BCUT2D eigenvalue weighted by Gasteiger charge is -2.29. The molecule has 2 aromatic carbocycles. The summed E-state index contributed by atoms with van der Waals surface area (Å²) in [7, 11) is 0. The molecule has 2 heterocycles. The summed E-state index contributed by atoms with van der Waals surface area (Å²) in [6.07, 6.45) is 5.40. The van der Waals surface area contributed by atoms with Crippen LogP contribution >= 0.6 is 39.9 Å². The fraction of sp³-hybridized carbons (Fsp3) is 0.292. The summed E-state index contributed by atoms with van der Waals surface area (Å²) in [6, 6.07) is 15.9. The molecule has 0 atom stereocenters. The minimum atomic E-state index is -0.138. The summed E-state index contributed by atoms with van der Waals surface area (Å²) < 4.78 is 1.45. The van der Waals surface area contributed by atoms with Gasteiger partial charge in [0, 0.05) is 16.1 Å². The van der Waals surface area contributed by atoms with E-state index in [1.165, 1.54) is 18.2 Å². The van der Waals surface area contributed by atoms with Gasteiger partial charge in [-0.25, -0.2) is 0 Å². The molecular weight excluding hydrogens is 492 g/mol. The number of benzene rings is 2. The van der Waals surface area contributed by atoms with Crippen molar-refractivity contribution in [2.75, 3.05) is 4.90 Å². The van der Waals surface area contributed by atoms with E-state index < -0.39 is 0 Å². The first-order chi connectivity index (χ1) is 15.0. The highest BCUT2D eigenvalue weighted by Crippen LogP contribution is 2.47. The monoisotopic (exact) mass is 512 g/mol. The Morgan fingerprint density at radius 1 is 1.00 bits per heavy atom. The van der Waals surface area contributed by atoms with Gasteiger partial charge < -0.3 is 4.90 Å². The molecule has 1 saturated carbocycles. The highest BCUT2D eigenvalue weighted by Gasteiger charge is 2.44. The summed E-state index contributed by atoms with van der Waals surface area (Å²) in [5.41, 5.74) is 3.14. The molecule has 0 unspecified atom stereocenters. The van der Waals surface area contributed by atoms with E-state index >= 15 is 0 Å². The summed E-state index contributed by atoms with van der Waals surface area (Å²) in [5.74, 6) is -0.251. The molecular formula is C24H21BrN2O2S2. The third-order valence-corrected chi connectivity index (χ3v) is 8.02. The smallest absolute Gasteiger partial charge is 0.267 e. The zero-order valence-corrected chi connectivity index (χ0v) is 20.1. The van der Waals surface area contributed by atoms with E-state index in [2.05, 4.69) is 15.9 Å². The minimum Gasteiger partial charge on any atom is -0.303 e. The largest absolute Gasteiger partial charge is 0.303 e. The lowest BCUT2D eigenvalue weighted by molar-refractivity contribution is -0.124. The van der Waals surface area contributed by atoms with E-state index in [1.54, 1.807) is 9.80 Å². The van der Waals surface area contributed by atoms with Crippen LogP contribution in [-0.4, -0.2) is 27.1 Å². The Bertz CT molecular complexity index is 1110. The Morgan fingerprint density at radius 3 is 2.48 bits per heavy atom. The van der Waals surface area contributed by atoms with E-state index in [-0.39, 0.29) is 17.9 Å². The quantitative estimate of drug-likeness (QED) is 0.379. The van der Waals surface area contributed by atoms with Gasteiger partial charge in [0.2, 0.25) is 0 Å². The van der Waals surface area contributed by atoms with Crippen molar-refractivity contribution in [3.63, 3.8) is 0 Å². The van der Waals surface area contributed by atoms with Crippen molar-refractivity contribution in [1.82, 2.24) is 4.90 Å². The highest BCUT2D eigenvalue weighted by molar-refractivity contribution is 9.10. The van der Waals surface area contributed by atoms with Crippen molar-refractivity contribution in [3.8, 4) is 0 Å². The number of hydrogen-bond acceptors (Lipinski definition) is 4. The molecule has 2 aromatic rings. The fourth-order valence-corrected chi connectivity index (χ4v) is 6.46. The van der Waals surface area contributed by atoms with E-state index in [0.29, 0.717) is 21.3 Å². The molecule has 0 bridgehead atoms. The first kappa shape index (κ1) is 20.9. The zero-order valence-electron chi connectivity index (χ0n) is 16.8. The van der Waals surface area contributed by atoms with Crippen LogP contribution < -0.4 is 4.90 Å². The molecule has 5 rings (SSSR count). The summed E-state index contributed by atoms with van der Waals surface area (Å²) in [6.45, 7) is 0.459. The van der Waals surface area contributed by atoms with Gasteiger partial charge in [-0.05, 0) is 36.6 Å². The van der Waals surface area contributed by atoms with Crippen molar-refractivity contribution in [2.45, 2.75) is 44.7 Å². The van der Waals surface area contributed by atoms with Crippen LogP contribution in [0.4, 0.5) is 5.69 Å². The second kappa shape index (κ2) is 8.52. The number of rotatable bonds is 3. The van der Waals surface area contributed by atoms with Crippen LogP contribution in [0.15, 0.2) is 57.9 Å². The predicted octanol–water partition coefficient (Wildman–Crippen LogP) is 5.90. The third-order valence-electron chi connectivity index (χ3n) is 6.13. The number of hydrogen-bond donors (Lipinski definition) is 0. The van der Waals surface area contributed by atoms with Gasteiger partial charge in [0.1, 0.15) is 4.32 Å². The van der Waals surface area contributed by atoms with Crippen molar-refractivity contribution in [3.05, 3.63) is 69.0 Å². The summed E-state index contributed by atoms with van der Waals surface area (Å²) in [4.78, 5) is 31.1. The minimum absolute atomic E-state index is 0.113. The van der Waals surface area contributed by atoms with Crippen molar-refractivity contribution in [2.24, 2.45) is 0 Å². The molecule has 0 spiro atoms. The molecule has 31 heavy (non-hydrogen) atoms. The van der Waals surface area contributed by atoms with Crippen LogP contribution in [0.1, 0.15) is 43.2 Å². The van der Waals surface area contributed by atoms with Gasteiger partial charge in [-0.15, -0.1) is 0 Å². The number of carbonyl (C=O) groups is 2. The lowest BCUT2D eigenvalue weighted by atomic mass is 9.94. The lowest BCUT2D eigenvalue weighted by Crippen LogP contribution is -2.40. The Morgan fingerprint density at radius 2 is 1.74 bits per heavy atom. The molecule has 1 aliphatic carbocycles. The first-order valence-corrected chi connectivity index (χ1v) is 12.5. The normalized spacial score (nSPS) is 21.9. The Kier molecular flexibility index (Phi) is 5.75. The number of nitrogens with zero attached hydrogens (tertiary/aromatic N) is 2. The molecule has 158 valence electrons. The maximum Gasteiger partial charge on any atom is 0.267 e. The Hall–Kier alpha value is -1.96. The van der Waals surface area contributed by atoms with Gasteiger partial charge >= 0.3 is 0 Å². The van der Waals surface area contributed by atoms with Gasteiger partial charge in [-0.2, -0.15) is 0 Å². The van der Waals surface area contributed by atoms with Crippen LogP contribution in [-0.2, 0) is 16.1 Å². The number of halogens is 1. The second-order valence-electron chi connectivity index (χ2n) is 8.08. The molecule has 3 aliphatic rings. The number of carbonyl (C=O) groups excluding carboxylic acids is 2. The molecule has 2 amide bonds.